The van der Waals surface area contributed by atoms with E-state index >= 15 is 0 Å². The van der Waals surface area contributed by atoms with E-state index in [1.165, 1.54) is 25.3 Å². The fourth-order valence-electron chi connectivity index (χ4n) is 0.768. The fraction of sp³-hybridized carbons (Fsp3) is 0.111. The van der Waals surface area contributed by atoms with Gasteiger partial charge >= 0.3 is 0 Å². The maximum atomic E-state index is 10.2. The molecule has 0 spiro atoms. The minimum Gasteiger partial charge on any atom is -0.504 e. The molecule has 0 saturated heterocycles. The second kappa shape index (κ2) is 6.47. The number of phenols is 1. The summed E-state index contributed by atoms with van der Waals surface area (Å²) in [5.41, 5.74) is 0.486. The van der Waals surface area contributed by atoms with Crippen molar-refractivity contribution < 1.29 is 24.5 Å². The Labute approximate surface area is 80.6 Å². The number of carbonyl (C=O) groups is 2. The summed E-state index contributed by atoms with van der Waals surface area (Å²) in [7, 11) is 1.43. The van der Waals surface area contributed by atoms with E-state index in [0.29, 0.717) is 17.6 Å². The van der Waals surface area contributed by atoms with Crippen LogP contribution in [-0.4, -0.2) is 30.1 Å². The normalized spacial score (nSPS) is 8.07. The maximum Gasteiger partial charge on any atom is 0.290 e. The van der Waals surface area contributed by atoms with Crippen molar-refractivity contribution in [2.24, 2.45) is 0 Å². The van der Waals surface area contributed by atoms with Gasteiger partial charge in [0.1, 0.15) is 6.29 Å². The van der Waals surface area contributed by atoms with Crippen molar-refractivity contribution in [2.45, 2.75) is 0 Å². The van der Waals surface area contributed by atoms with Crippen LogP contribution in [0, 0.1) is 0 Å². The number of benzene rings is 1. The average Bonchev–Trinajstić information content (AvgIpc) is 2.20. The van der Waals surface area contributed by atoms with Crippen LogP contribution in [0.25, 0.3) is 0 Å². The van der Waals surface area contributed by atoms with Crippen LogP contribution in [0.3, 0.4) is 0 Å². The number of hydrogen-bond donors (Lipinski definition) is 2. The van der Waals surface area contributed by atoms with Crippen LogP contribution < -0.4 is 4.74 Å². The zero-order chi connectivity index (χ0) is 11.0. The first-order valence-corrected chi connectivity index (χ1v) is 3.59. The number of carbonyl (C=O) groups excluding carboxylic acids is 1. The molecule has 1 aromatic rings. The Bertz CT molecular complexity index is 308. The smallest absolute Gasteiger partial charge is 0.290 e. The van der Waals surface area contributed by atoms with Crippen molar-refractivity contribution in [3.05, 3.63) is 23.8 Å². The molecule has 0 heterocycles. The predicted molar refractivity (Wildman–Crippen MR) is 48.7 cm³/mol. The quantitative estimate of drug-likeness (QED) is 0.690. The molecule has 1 rings (SSSR count). The highest BCUT2D eigenvalue weighted by molar-refractivity contribution is 5.76. The minimum absolute atomic E-state index is 0.0399. The number of ether oxygens (including phenoxy) is 1. The zero-order valence-corrected chi connectivity index (χ0v) is 7.51. The highest BCUT2D eigenvalue weighted by Crippen LogP contribution is 2.25. The second-order valence-electron chi connectivity index (χ2n) is 2.15. The number of carboxylic acid groups (broad SMARTS) is 1. The van der Waals surface area contributed by atoms with Crippen molar-refractivity contribution in [3.63, 3.8) is 0 Å². The topological polar surface area (TPSA) is 83.8 Å². The molecule has 0 aliphatic rings. The van der Waals surface area contributed by atoms with Crippen LogP contribution in [0.5, 0.6) is 11.5 Å². The molecule has 2 N–H and O–H groups in total. The molecule has 0 aromatic heterocycles. The first-order valence-electron chi connectivity index (χ1n) is 3.59. The number of methoxy groups -OCH3 is 1. The summed E-state index contributed by atoms with van der Waals surface area (Å²) in [6.07, 6.45) is 0.696. The molecule has 0 unspecified atom stereocenters. The molecule has 1 aromatic carbocycles. The molecular formula is C9H10O5. The summed E-state index contributed by atoms with van der Waals surface area (Å²) in [4.78, 5) is 18.6. The lowest BCUT2D eigenvalue weighted by Gasteiger charge is -2.01. The van der Waals surface area contributed by atoms with Crippen LogP contribution >= 0.6 is 0 Å². The third kappa shape index (κ3) is 3.57. The molecule has 0 aliphatic heterocycles. The van der Waals surface area contributed by atoms with E-state index < -0.39 is 0 Å². The molecule has 5 nitrogen and oxygen atoms in total. The third-order valence-corrected chi connectivity index (χ3v) is 1.34. The Morgan fingerprint density at radius 2 is 1.93 bits per heavy atom. The Hall–Kier alpha value is -2.04. The molecule has 0 aliphatic carbocycles. The van der Waals surface area contributed by atoms with Gasteiger partial charge in [-0.25, -0.2) is 0 Å². The number of hydrogen-bond acceptors (Lipinski definition) is 4. The van der Waals surface area contributed by atoms with Gasteiger partial charge in [-0.3, -0.25) is 9.59 Å². The van der Waals surface area contributed by atoms with Crippen molar-refractivity contribution in [3.8, 4) is 11.5 Å². The summed E-state index contributed by atoms with van der Waals surface area (Å²) in [6.45, 7) is -0.250. The highest BCUT2D eigenvalue weighted by atomic mass is 16.5. The average molecular weight is 198 g/mol. The first kappa shape index (κ1) is 12.0. The molecule has 5 heteroatoms. The lowest BCUT2D eigenvalue weighted by Crippen LogP contribution is -1.85. The van der Waals surface area contributed by atoms with Gasteiger partial charge in [0.25, 0.3) is 6.47 Å². The summed E-state index contributed by atoms with van der Waals surface area (Å²) in [5.74, 6) is 0.354. The number of aromatic hydroxyl groups is 1. The van der Waals surface area contributed by atoms with E-state index in [2.05, 4.69) is 0 Å². The van der Waals surface area contributed by atoms with Gasteiger partial charge in [-0.05, 0) is 18.2 Å². The number of rotatable bonds is 2. The molecule has 14 heavy (non-hydrogen) atoms. The van der Waals surface area contributed by atoms with Gasteiger partial charge in [0.2, 0.25) is 0 Å². The lowest BCUT2D eigenvalue weighted by atomic mass is 10.2. The minimum atomic E-state index is -0.250. The summed E-state index contributed by atoms with van der Waals surface area (Å²) in [6, 6.07) is 4.41. The molecule has 0 amide bonds. The van der Waals surface area contributed by atoms with Gasteiger partial charge in [-0.1, -0.05) is 0 Å². The summed E-state index contributed by atoms with van der Waals surface area (Å²) >= 11 is 0. The Kier molecular flexibility index (Phi) is 5.53. The first-order chi connectivity index (χ1) is 6.69. The lowest BCUT2D eigenvalue weighted by molar-refractivity contribution is -0.122. The van der Waals surface area contributed by atoms with Gasteiger partial charge in [-0.15, -0.1) is 0 Å². The molecule has 0 radical (unpaired) electrons. The van der Waals surface area contributed by atoms with Crippen LogP contribution in [0.2, 0.25) is 0 Å². The van der Waals surface area contributed by atoms with Gasteiger partial charge in [0.15, 0.2) is 11.5 Å². The molecule has 0 fully saturated rings. The highest BCUT2D eigenvalue weighted by Gasteiger charge is 2.00. The molecule has 0 saturated carbocycles. The molecule has 76 valence electrons. The predicted octanol–water partition coefficient (Wildman–Crippen LogP) is 0.914. The van der Waals surface area contributed by atoms with E-state index in [4.69, 9.17) is 19.7 Å². The Morgan fingerprint density at radius 3 is 2.36 bits per heavy atom. The van der Waals surface area contributed by atoms with Gasteiger partial charge in [-0.2, -0.15) is 0 Å². The van der Waals surface area contributed by atoms with Crippen molar-refractivity contribution >= 4 is 12.8 Å². The van der Waals surface area contributed by atoms with Crippen LogP contribution in [0.15, 0.2) is 18.2 Å². The van der Waals surface area contributed by atoms with Crippen LogP contribution in [0.1, 0.15) is 10.4 Å². The summed E-state index contributed by atoms with van der Waals surface area (Å²) < 4.78 is 4.78. The SMILES string of the molecule is COc1cc(C=O)ccc1O.O=CO. The van der Waals surface area contributed by atoms with Crippen molar-refractivity contribution in [1.82, 2.24) is 0 Å². The van der Waals surface area contributed by atoms with E-state index in [1.54, 1.807) is 0 Å². The van der Waals surface area contributed by atoms with Crippen molar-refractivity contribution in [2.75, 3.05) is 7.11 Å². The fourth-order valence-corrected chi connectivity index (χ4v) is 0.768. The largest absolute Gasteiger partial charge is 0.504 e. The zero-order valence-electron chi connectivity index (χ0n) is 7.51. The van der Waals surface area contributed by atoms with E-state index in [1.807, 2.05) is 0 Å². The van der Waals surface area contributed by atoms with E-state index in [-0.39, 0.29) is 12.2 Å². The van der Waals surface area contributed by atoms with Gasteiger partial charge in [0.05, 0.1) is 7.11 Å². The van der Waals surface area contributed by atoms with Crippen LogP contribution in [0.4, 0.5) is 0 Å². The van der Waals surface area contributed by atoms with E-state index in [0.717, 1.165) is 0 Å². The standard InChI is InChI=1S/C8H8O3.CH2O2/c1-11-8-4-6(5-9)2-3-7(8)10;2-1-3/h2-5,10H,1H3;1H,(H,2,3). The van der Waals surface area contributed by atoms with Crippen LogP contribution in [-0.2, 0) is 4.79 Å². The van der Waals surface area contributed by atoms with E-state index in [9.17, 15) is 4.79 Å². The number of aldehydes is 1. The molecule has 0 atom stereocenters. The Morgan fingerprint density at radius 1 is 1.36 bits per heavy atom. The van der Waals surface area contributed by atoms with Crippen molar-refractivity contribution in [1.29, 1.82) is 0 Å². The monoisotopic (exact) mass is 198 g/mol. The number of phenolic OH excluding ortho intramolecular Hbond substituents is 1. The van der Waals surface area contributed by atoms with Gasteiger partial charge < -0.3 is 14.9 Å². The maximum absolute atomic E-state index is 10.2. The summed E-state index contributed by atoms with van der Waals surface area (Å²) in [5, 5.41) is 16.0. The molecular weight excluding hydrogens is 188 g/mol. The Balaban J connectivity index is 0.000000500. The molecule has 0 bridgehead atoms. The second-order valence-corrected chi connectivity index (χ2v) is 2.15. The van der Waals surface area contributed by atoms with Gasteiger partial charge in [0, 0.05) is 5.56 Å². The third-order valence-electron chi connectivity index (χ3n) is 1.34.